The van der Waals surface area contributed by atoms with Crippen LogP contribution in [0, 0.1) is 10.1 Å². The summed E-state index contributed by atoms with van der Waals surface area (Å²) in [6.45, 7) is 1.09. The first-order valence-electron chi connectivity index (χ1n) is 8.32. The number of anilines is 1. The summed E-state index contributed by atoms with van der Waals surface area (Å²) in [5.74, 6) is -0.218. The topological polar surface area (TPSA) is 66.7 Å². The van der Waals surface area contributed by atoms with Crippen LogP contribution >= 0.6 is 11.6 Å². The van der Waals surface area contributed by atoms with Gasteiger partial charge in [-0.15, -0.1) is 0 Å². The Balaban J connectivity index is 1.76. The molecule has 1 saturated heterocycles. The molecule has 2 aromatic carbocycles. The van der Waals surface area contributed by atoms with Crippen molar-refractivity contribution in [2.24, 2.45) is 0 Å². The number of hydrogen-bond donors (Lipinski definition) is 0. The minimum atomic E-state index is -4.66. The van der Waals surface area contributed by atoms with Gasteiger partial charge in [-0.1, -0.05) is 17.7 Å². The summed E-state index contributed by atoms with van der Waals surface area (Å²) in [5, 5.41) is 11.7. The van der Waals surface area contributed by atoms with E-state index in [0.717, 1.165) is 12.1 Å². The van der Waals surface area contributed by atoms with Gasteiger partial charge in [-0.3, -0.25) is 14.9 Å². The minimum absolute atomic E-state index is 0.104. The van der Waals surface area contributed by atoms with E-state index in [-0.39, 0.29) is 37.8 Å². The quantitative estimate of drug-likeness (QED) is 0.558. The number of rotatable bonds is 3. The monoisotopic (exact) mass is 413 g/mol. The van der Waals surface area contributed by atoms with Crippen LogP contribution < -0.4 is 4.90 Å². The Bertz CT molecular complexity index is 912. The number of amides is 1. The number of carbonyl (C=O) groups excluding carboxylic acids is 1. The molecule has 0 N–H and O–H groups in total. The second kappa shape index (κ2) is 7.67. The van der Waals surface area contributed by atoms with Gasteiger partial charge in [0.2, 0.25) is 0 Å². The molecule has 0 radical (unpaired) electrons. The second-order valence-corrected chi connectivity index (χ2v) is 6.68. The van der Waals surface area contributed by atoms with E-state index in [1.165, 1.54) is 0 Å². The van der Waals surface area contributed by atoms with Crippen molar-refractivity contribution in [1.82, 2.24) is 4.90 Å². The predicted octanol–water partition coefficient (Wildman–Crippen LogP) is 4.23. The summed E-state index contributed by atoms with van der Waals surface area (Å²) in [4.78, 5) is 26.2. The highest BCUT2D eigenvalue weighted by Gasteiger charge is 2.34. The standard InChI is InChI=1S/C18H15ClF3N3O3/c19-14-3-1-2-12(10-14)17(26)24-8-6-23(7-9-24)15-5-4-13(18(20,21)22)11-16(15)25(27)28/h1-5,10-11H,6-9H2. The average Bonchev–Trinajstić information content (AvgIpc) is 2.66. The molecule has 1 aliphatic rings. The Morgan fingerprint density at radius 1 is 1.07 bits per heavy atom. The number of nitro benzene ring substituents is 1. The van der Waals surface area contributed by atoms with E-state index in [2.05, 4.69) is 0 Å². The Morgan fingerprint density at radius 3 is 2.32 bits per heavy atom. The maximum Gasteiger partial charge on any atom is 0.416 e. The van der Waals surface area contributed by atoms with Crippen molar-refractivity contribution >= 4 is 28.9 Å². The first kappa shape index (κ1) is 19.9. The zero-order valence-electron chi connectivity index (χ0n) is 14.4. The van der Waals surface area contributed by atoms with Crippen molar-refractivity contribution in [2.45, 2.75) is 6.18 Å². The molecule has 1 heterocycles. The van der Waals surface area contributed by atoms with Crippen LogP contribution in [0.2, 0.25) is 5.02 Å². The summed E-state index contributed by atoms with van der Waals surface area (Å²) in [6.07, 6.45) is -4.66. The summed E-state index contributed by atoms with van der Waals surface area (Å²) >= 11 is 5.90. The molecule has 6 nitrogen and oxygen atoms in total. The fraction of sp³-hybridized carbons (Fsp3) is 0.278. The van der Waals surface area contributed by atoms with E-state index in [1.807, 2.05) is 0 Å². The Kier molecular flexibility index (Phi) is 5.46. The maximum absolute atomic E-state index is 12.8. The zero-order valence-corrected chi connectivity index (χ0v) is 15.2. The number of carbonyl (C=O) groups is 1. The molecule has 0 aromatic heterocycles. The van der Waals surface area contributed by atoms with E-state index in [1.54, 1.807) is 34.1 Å². The summed E-state index contributed by atoms with van der Waals surface area (Å²) < 4.78 is 38.5. The molecule has 28 heavy (non-hydrogen) atoms. The van der Waals surface area contributed by atoms with E-state index < -0.39 is 22.4 Å². The normalized spacial score (nSPS) is 14.9. The van der Waals surface area contributed by atoms with Gasteiger partial charge in [0.25, 0.3) is 11.6 Å². The molecule has 3 rings (SSSR count). The van der Waals surface area contributed by atoms with Crippen LogP contribution in [-0.2, 0) is 6.18 Å². The lowest BCUT2D eigenvalue weighted by molar-refractivity contribution is -0.384. The van der Waals surface area contributed by atoms with Crippen molar-refractivity contribution < 1.29 is 22.9 Å². The van der Waals surface area contributed by atoms with Crippen LogP contribution in [0.5, 0.6) is 0 Å². The first-order valence-corrected chi connectivity index (χ1v) is 8.70. The van der Waals surface area contributed by atoms with Crippen molar-refractivity contribution in [3.8, 4) is 0 Å². The minimum Gasteiger partial charge on any atom is -0.362 e. The number of nitro groups is 1. The summed E-state index contributed by atoms with van der Waals surface area (Å²) in [6, 6.07) is 8.98. The Morgan fingerprint density at radius 2 is 1.75 bits per heavy atom. The van der Waals surface area contributed by atoms with Crippen molar-refractivity contribution in [3.05, 3.63) is 68.7 Å². The molecule has 10 heteroatoms. The maximum atomic E-state index is 12.8. The Hall–Kier alpha value is -2.81. The van der Waals surface area contributed by atoms with Crippen LogP contribution in [0.3, 0.4) is 0 Å². The molecular weight excluding hydrogens is 399 g/mol. The van der Waals surface area contributed by atoms with Gasteiger partial charge in [0.15, 0.2) is 0 Å². The SMILES string of the molecule is O=C(c1cccc(Cl)c1)N1CCN(c2ccc(C(F)(F)F)cc2[N+](=O)[O-])CC1. The smallest absolute Gasteiger partial charge is 0.362 e. The Labute approximate surface area is 163 Å². The van der Waals surface area contributed by atoms with Gasteiger partial charge < -0.3 is 9.80 Å². The van der Waals surface area contributed by atoms with Crippen LogP contribution in [0.4, 0.5) is 24.5 Å². The molecule has 0 unspecified atom stereocenters. The molecule has 148 valence electrons. The largest absolute Gasteiger partial charge is 0.416 e. The lowest BCUT2D eigenvalue weighted by atomic mass is 10.1. The van der Waals surface area contributed by atoms with Gasteiger partial charge in [0, 0.05) is 42.8 Å². The van der Waals surface area contributed by atoms with E-state index in [0.29, 0.717) is 16.7 Å². The molecule has 0 aliphatic carbocycles. The first-order chi connectivity index (χ1) is 13.2. The highest BCUT2D eigenvalue weighted by molar-refractivity contribution is 6.30. The molecule has 0 saturated carbocycles. The second-order valence-electron chi connectivity index (χ2n) is 6.25. The highest BCUT2D eigenvalue weighted by Crippen LogP contribution is 2.36. The number of halogens is 4. The van der Waals surface area contributed by atoms with E-state index >= 15 is 0 Å². The van der Waals surface area contributed by atoms with Gasteiger partial charge in [0.1, 0.15) is 5.69 Å². The third-order valence-electron chi connectivity index (χ3n) is 4.48. The molecule has 1 aliphatic heterocycles. The third-order valence-corrected chi connectivity index (χ3v) is 4.71. The molecule has 1 fully saturated rings. The van der Waals surface area contributed by atoms with Crippen molar-refractivity contribution in [2.75, 3.05) is 31.1 Å². The van der Waals surface area contributed by atoms with Gasteiger partial charge in [-0.05, 0) is 30.3 Å². The van der Waals surface area contributed by atoms with Crippen molar-refractivity contribution in [3.63, 3.8) is 0 Å². The van der Waals surface area contributed by atoms with Crippen LogP contribution in [0.25, 0.3) is 0 Å². The number of piperazine rings is 1. The van der Waals surface area contributed by atoms with Crippen LogP contribution in [-0.4, -0.2) is 41.9 Å². The fourth-order valence-corrected chi connectivity index (χ4v) is 3.26. The number of nitrogens with zero attached hydrogens (tertiary/aromatic N) is 3. The van der Waals surface area contributed by atoms with Gasteiger partial charge in [-0.2, -0.15) is 13.2 Å². The van der Waals surface area contributed by atoms with Gasteiger partial charge >= 0.3 is 6.18 Å². The average molecular weight is 414 g/mol. The third kappa shape index (κ3) is 4.19. The molecule has 0 spiro atoms. The van der Waals surface area contributed by atoms with Gasteiger partial charge in [0.05, 0.1) is 10.5 Å². The molecule has 0 bridgehead atoms. The highest BCUT2D eigenvalue weighted by atomic mass is 35.5. The van der Waals surface area contributed by atoms with Crippen molar-refractivity contribution in [1.29, 1.82) is 0 Å². The van der Waals surface area contributed by atoms with Crippen LogP contribution in [0.1, 0.15) is 15.9 Å². The molecule has 1 amide bonds. The number of alkyl halides is 3. The molecule has 2 aromatic rings. The number of hydrogen-bond acceptors (Lipinski definition) is 4. The molecular formula is C18H15ClF3N3O3. The number of benzene rings is 2. The van der Waals surface area contributed by atoms with Crippen LogP contribution in [0.15, 0.2) is 42.5 Å². The van der Waals surface area contributed by atoms with E-state index in [9.17, 15) is 28.1 Å². The summed E-state index contributed by atoms with van der Waals surface area (Å²) in [7, 11) is 0. The lowest BCUT2D eigenvalue weighted by Gasteiger charge is -2.36. The fourth-order valence-electron chi connectivity index (χ4n) is 3.07. The van der Waals surface area contributed by atoms with E-state index in [4.69, 9.17) is 11.6 Å². The molecule has 0 atom stereocenters. The predicted molar refractivity (Wildman–Crippen MR) is 97.7 cm³/mol. The summed E-state index contributed by atoms with van der Waals surface area (Å²) in [5.41, 5.74) is -1.14. The zero-order chi connectivity index (χ0) is 20.5. The van der Waals surface area contributed by atoms with Gasteiger partial charge in [-0.25, -0.2) is 0 Å². The lowest BCUT2D eigenvalue weighted by Crippen LogP contribution is -2.49.